The molecule has 3 aromatic carbocycles. The molecule has 3 N–H and O–H groups in total. The second kappa shape index (κ2) is 11.2. The Labute approximate surface area is 197 Å². The van der Waals surface area contributed by atoms with Crippen LogP contribution in [0.4, 0.5) is 0 Å². The lowest BCUT2D eigenvalue weighted by molar-refractivity contribution is 0.00868. The van der Waals surface area contributed by atoms with Gasteiger partial charge in [0.15, 0.2) is 6.23 Å². The van der Waals surface area contributed by atoms with Crippen molar-refractivity contribution in [1.82, 2.24) is 0 Å². The Kier molecular flexibility index (Phi) is 8.37. The minimum Gasteiger partial charge on any atom is -0.497 e. The molecule has 1 unspecified atom stereocenters. The maximum Gasteiger partial charge on any atom is 0.173 e. The number of hydrogen-bond acceptors (Lipinski definition) is 5. The van der Waals surface area contributed by atoms with Crippen molar-refractivity contribution in [3.05, 3.63) is 90.0 Å². The van der Waals surface area contributed by atoms with Gasteiger partial charge in [0, 0.05) is 5.92 Å². The van der Waals surface area contributed by atoms with Crippen molar-refractivity contribution in [2.75, 3.05) is 14.2 Å². The lowest BCUT2D eigenvalue weighted by atomic mass is 9.74. The first-order valence-corrected chi connectivity index (χ1v) is 11.2. The largest absolute Gasteiger partial charge is 0.497 e. The van der Waals surface area contributed by atoms with Gasteiger partial charge < -0.3 is 19.3 Å². The number of nitrogens with two attached hydrogens (primary N) is 1. The normalized spacial score (nSPS) is 13.4. The predicted molar refractivity (Wildman–Crippen MR) is 132 cm³/mol. The standard InChI is InChI=1S/C28H35NO4/c1-28(2,19-26(30)27(29)33-24-8-6-5-7-9-24)18-25(20-10-14-22(31-3)15-11-20)21-12-16-23(32-4)17-13-21/h5-17,25-27,30H,18-19,29H2,1-4H3/t26-,27?/m0/s1. The fourth-order valence-electron chi connectivity index (χ4n) is 4.15. The quantitative estimate of drug-likeness (QED) is 0.385. The van der Waals surface area contributed by atoms with E-state index in [2.05, 4.69) is 38.1 Å². The van der Waals surface area contributed by atoms with Crippen molar-refractivity contribution in [2.45, 2.75) is 44.9 Å². The van der Waals surface area contributed by atoms with E-state index >= 15 is 0 Å². The van der Waals surface area contributed by atoms with E-state index in [4.69, 9.17) is 19.9 Å². The molecule has 0 heterocycles. The zero-order valence-corrected chi connectivity index (χ0v) is 19.9. The monoisotopic (exact) mass is 449 g/mol. The molecule has 3 aromatic rings. The van der Waals surface area contributed by atoms with E-state index in [1.54, 1.807) is 14.2 Å². The van der Waals surface area contributed by atoms with Crippen LogP contribution in [-0.2, 0) is 0 Å². The summed E-state index contributed by atoms with van der Waals surface area (Å²) in [5, 5.41) is 10.8. The lowest BCUT2D eigenvalue weighted by Crippen LogP contribution is -2.42. The van der Waals surface area contributed by atoms with Crippen LogP contribution in [0, 0.1) is 5.41 Å². The van der Waals surface area contributed by atoms with Crippen LogP contribution in [0.15, 0.2) is 78.9 Å². The summed E-state index contributed by atoms with van der Waals surface area (Å²) >= 11 is 0. The second-order valence-corrected chi connectivity index (χ2v) is 9.13. The van der Waals surface area contributed by atoms with Gasteiger partial charge in [-0.3, -0.25) is 5.73 Å². The summed E-state index contributed by atoms with van der Waals surface area (Å²) in [5.74, 6) is 2.43. The van der Waals surface area contributed by atoms with Crippen molar-refractivity contribution >= 4 is 0 Å². The van der Waals surface area contributed by atoms with E-state index in [0.29, 0.717) is 12.2 Å². The van der Waals surface area contributed by atoms with E-state index in [0.717, 1.165) is 17.9 Å². The van der Waals surface area contributed by atoms with Gasteiger partial charge in [-0.1, -0.05) is 56.3 Å². The zero-order chi connectivity index (χ0) is 23.8. The number of methoxy groups -OCH3 is 2. The number of aliphatic hydroxyl groups is 1. The first-order chi connectivity index (χ1) is 15.8. The molecule has 0 aliphatic carbocycles. The third-order valence-electron chi connectivity index (χ3n) is 5.95. The molecule has 176 valence electrons. The summed E-state index contributed by atoms with van der Waals surface area (Å²) in [4.78, 5) is 0. The van der Waals surface area contributed by atoms with Crippen LogP contribution in [0.25, 0.3) is 0 Å². The van der Waals surface area contributed by atoms with Gasteiger partial charge in [0.05, 0.1) is 14.2 Å². The van der Waals surface area contributed by atoms with Crippen molar-refractivity contribution in [2.24, 2.45) is 11.1 Å². The van der Waals surface area contributed by atoms with Crippen LogP contribution in [-0.4, -0.2) is 31.7 Å². The van der Waals surface area contributed by atoms with E-state index in [-0.39, 0.29) is 11.3 Å². The lowest BCUT2D eigenvalue weighted by Gasteiger charge is -2.34. The Morgan fingerprint density at radius 3 is 1.67 bits per heavy atom. The molecule has 5 nitrogen and oxygen atoms in total. The highest BCUT2D eigenvalue weighted by Crippen LogP contribution is 2.40. The van der Waals surface area contributed by atoms with Crippen LogP contribution in [0.2, 0.25) is 0 Å². The predicted octanol–water partition coefficient (Wildman–Crippen LogP) is 5.37. The number of para-hydroxylation sites is 1. The molecule has 2 atom stereocenters. The van der Waals surface area contributed by atoms with Crippen LogP contribution < -0.4 is 19.9 Å². The number of ether oxygens (including phenoxy) is 3. The molecule has 5 heteroatoms. The van der Waals surface area contributed by atoms with Gasteiger partial charge >= 0.3 is 0 Å². The molecule has 0 spiro atoms. The van der Waals surface area contributed by atoms with Gasteiger partial charge in [-0.05, 0) is 65.8 Å². The maximum atomic E-state index is 10.8. The van der Waals surface area contributed by atoms with Gasteiger partial charge in [-0.2, -0.15) is 0 Å². The van der Waals surface area contributed by atoms with Crippen molar-refractivity contribution in [1.29, 1.82) is 0 Å². The van der Waals surface area contributed by atoms with Gasteiger partial charge in [-0.15, -0.1) is 0 Å². The molecule has 0 bridgehead atoms. The number of benzene rings is 3. The van der Waals surface area contributed by atoms with Crippen LogP contribution in [0.5, 0.6) is 17.2 Å². The van der Waals surface area contributed by atoms with Crippen molar-refractivity contribution in [3.8, 4) is 17.2 Å². The summed E-state index contributed by atoms with van der Waals surface area (Å²) in [6.07, 6.45) is -0.274. The topological polar surface area (TPSA) is 73.9 Å². The highest BCUT2D eigenvalue weighted by Gasteiger charge is 2.31. The Morgan fingerprint density at radius 1 is 0.727 bits per heavy atom. The minimum absolute atomic E-state index is 0.135. The van der Waals surface area contributed by atoms with Gasteiger partial charge in [0.25, 0.3) is 0 Å². The highest BCUT2D eigenvalue weighted by molar-refractivity contribution is 5.38. The number of aliphatic hydroxyl groups excluding tert-OH is 1. The average molecular weight is 450 g/mol. The van der Waals surface area contributed by atoms with E-state index in [9.17, 15) is 5.11 Å². The molecular formula is C28H35NO4. The molecule has 3 rings (SSSR count). The van der Waals surface area contributed by atoms with Crippen LogP contribution in [0.1, 0.15) is 43.7 Å². The third-order valence-corrected chi connectivity index (χ3v) is 5.95. The average Bonchev–Trinajstić information content (AvgIpc) is 2.83. The Balaban J connectivity index is 1.77. The molecule has 0 radical (unpaired) electrons. The van der Waals surface area contributed by atoms with Gasteiger partial charge in [0.1, 0.15) is 23.4 Å². The Bertz CT molecular complexity index is 924. The summed E-state index contributed by atoms with van der Waals surface area (Å²) < 4.78 is 16.4. The molecule has 0 fully saturated rings. The summed E-state index contributed by atoms with van der Waals surface area (Å²) in [5.41, 5.74) is 8.34. The number of hydrogen-bond donors (Lipinski definition) is 2. The van der Waals surface area contributed by atoms with E-state index in [1.807, 2.05) is 54.6 Å². The first-order valence-electron chi connectivity index (χ1n) is 11.2. The third kappa shape index (κ3) is 6.98. The van der Waals surface area contributed by atoms with Crippen LogP contribution >= 0.6 is 0 Å². The van der Waals surface area contributed by atoms with Crippen molar-refractivity contribution < 1.29 is 19.3 Å². The minimum atomic E-state index is -0.799. The summed E-state index contributed by atoms with van der Waals surface area (Å²) in [7, 11) is 3.34. The highest BCUT2D eigenvalue weighted by atomic mass is 16.5. The maximum absolute atomic E-state index is 10.8. The fourth-order valence-corrected chi connectivity index (χ4v) is 4.15. The molecule has 0 aliphatic rings. The van der Waals surface area contributed by atoms with Crippen molar-refractivity contribution in [3.63, 3.8) is 0 Å². The molecule has 0 amide bonds. The second-order valence-electron chi connectivity index (χ2n) is 9.13. The molecule has 33 heavy (non-hydrogen) atoms. The Morgan fingerprint density at radius 2 is 1.21 bits per heavy atom. The van der Waals surface area contributed by atoms with Gasteiger partial charge in [0.2, 0.25) is 0 Å². The smallest absolute Gasteiger partial charge is 0.173 e. The summed E-state index contributed by atoms with van der Waals surface area (Å²) in [6.45, 7) is 4.32. The Hall–Kier alpha value is -3.02. The zero-order valence-electron chi connectivity index (χ0n) is 19.9. The SMILES string of the molecule is COc1ccc(C(CC(C)(C)C[C@H](O)C(N)Oc2ccccc2)c2ccc(OC)cc2)cc1. The number of rotatable bonds is 11. The van der Waals surface area contributed by atoms with Gasteiger partial charge in [-0.25, -0.2) is 0 Å². The van der Waals surface area contributed by atoms with Crippen LogP contribution in [0.3, 0.4) is 0 Å². The molecule has 0 aromatic heterocycles. The summed E-state index contributed by atoms with van der Waals surface area (Å²) in [6, 6.07) is 25.7. The fraction of sp³-hybridized carbons (Fsp3) is 0.357. The molecule has 0 saturated carbocycles. The molecule has 0 saturated heterocycles. The van der Waals surface area contributed by atoms with E-state index in [1.165, 1.54) is 11.1 Å². The molecule has 0 aliphatic heterocycles. The molecular weight excluding hydrogens is 414 g/mol. The first kappa shape index (κ1) is 24.6. The van der Waals surface area contributed by atoms with E-state index < -0.39 is 12.3 Å².